The van der Waals surface area contributed by atoms with E-state index in [0.29, 0.717) is 18.4 Å². The highest BCUT2D eigenvalue weighted by Gasteiger charge is 2.18. The van der Waals surface area contributed by atoms with Gasteiger partial charge in [0.25, 0.3) is 15.9 Å². The highest BCUT2D eigenvalue weighted by Crippen LogP contribution is 2.17. The lowest BCUT2D eigenvalue weighted by atomic mass is 10.1. The summed E-state index contributed by atoms with van der Waals surface area (Å²) in [6.45, 7) is 0. The van der Waals surface area contributed by atoms with Crippen molar-refractivity contribution in [1.29, 1.82) is 0 Å². The molecule has 0 saturated heterocycles. The topological polar surface area (TPSA) is 92.3 Å². The van der Waals surface area contributed by atoms with Gasteiger partial charge in [-0.05, 0) is 42.3 Å². The summed E-state index contributed by atoms with van der Waals surface area (Å²) in [5.74, 6) is -0.519. The summed E-state index contributed by atoms with van der Waals surface area (Å²) in [6, 6.07) is 22.7. The van der Waals surface area contributed by atoms with Crippen LogP contribution in [-0.4, -0.2) is 26.7 Å². The van der Waals surface area contributed by atoms with Crippen molar-refractivity contribution in [2.45, 2.75) is 17.4 Å². The van der Waals surface area contributed by atoms with Crippen LogP contribution in [0.15, 0.2) is 89.8 Å². The van der Waals surface area contributed by atoms with E-state index in [2.05, 4.69) is 10.0 Å². The maximum atomic E-state index is 12.6. The van der Waals surface area contributed by atoms with Gasteiger partial charge >= 0.3 is 0 Å². The number of rotatable bonds is 8. The number of anilines is 1. The zero-order chi connectivity index (χ0) is 20.7. The van der Waals surface area contributed by atoms with Gasteiger partial charge < -0.3 is 10.1 Å². The number of carbonyl (C=O) groups is 2. The lowest BCUT2D eigenvalue weighted by Crippen LogP contribution is -2.37. The summed E-state index contributed by atoms with van der Waals surface area (Å²) >= 11 is 0. The lowest BCUT2D eigenvalue weighted by Gasteiger charge is -2.14. The van der Waals surface area contributed by atoms with Gasteiger partial charge in [-0.3, -0.25) is 9.52 Å². The molecule has 1 amide bonds. The standard InChI is InChI=1S/C22H20N2O4S/c25-16-20(14-17-8-3-1-4-9-17)23-22(26)18-10-7-13-21(15-18)29(27,28)24-19-11-5-2-6-12-19/h1-13,15-16,20,24H,14H2,(H,23,26)/t20-/m0/s1. The average Bonchev–Trinajstić information content (AvgIpc) is 2.74. The molecular formula is C22H20N2O4S. The van der Waals surface area contributed by atoms with Gasteiger partial charge in [0.2, 0.25) is 0 Å². The number of aldehydes is 1. The molecule has 2 N–H and O–H groups in total. The first-order chi connectivity index (χ1) is 14.0. The maximum absolute atomic E-state index is 12.6. The third kappa shape index (κ3) is 5.52. The van der Waals surface area contributed by atoms with Gasteiger partial charge in [0.15, 0.2) is 0 Å². The number of para-hydroxylation sites is 1. The summed E-state index contributed by atoms with van der Waals surface area (Å²) in [5.41, 5.74) is 1.49. The SMILES string of the molecule is O=C[C@H](Cc1ccccc1)NC(=O)c1cccc(S(=O)(=O)Nc2ccccc2)c1. The van der Waals surface area contributed by atoms with E-state index in [9.17, 15) is 18.0 Å². The van der Waals surface area contributed by atoms with Gasteiger partial charge in [-0.25, -0.2) is 8.42 Å². The fourth-order valence-corrected chi connectivity index (χ4v) is 3.88. The van der Waals surface area contributed by atoms with E-state index in [1.807, 2.05) is 30.3 Å². The van der Waals surface area contributed by atoms with Crippen molar-refractivity contribution in [3.05, 3.63) is 96.1 Å². The molecule has 1 atom stereocenters. The van der Waals surface area contributed by atoms with Crippen LogP contribution in [0, 0.1) is 0 Å². The summed E-state index contributed by atoms with van der Waals surface area (Å²) in [5, 5.41) is 2.64. The summed E-state index contributed by atoms with van der Waals surface area (Å²) in [4.78, 5) is 23.9. The molecule has 29 heavy (non-hydrogen) atoms. The Morgan fingerprint density at radius 2 is 1.55 bits per heavy atom. The van der Waals surface area contributed by atoms with E-state index >= 15 is 0 Å². The monoisotopic (exact) mass is 408 g/mol. The molecule has 0 aliphatic heterocycles. The maximum Gasteiger partial charge on any atom is 0.261 e. The number of nitrogens with one attached hydrogen (secondary N) is 2. The third-order valence-electron chi connectivity index (χ3n) is 4.21. The predicted octanol–water partition coefficient (Wildman–Crippen LogP) is 3.03. The molecule has 0 fully saturated rings. The number of hydrogen-bond donors (Lipinski definition) is 2. The minimum Gasteiger partial charge on any atom is -0.342 e. The highest BCUT2D eigenvalue weighted by atomic mass is 32.2. The fraction of sp³-hybridized carbons (Fsp3) is 0.0909. The Morgan fingerprint density at radius 3 is 2.21 bits per heavy atom. The molecule has 0 spiro atoms. The molecule has 6 nitrogen and oxygen atoms in total. The Bertz CT molecular complexity index is 1080. The Labute approximate surface area is 169 Å². The molecule has 0 saturated carbocycles. The molecule has 0 heterocycles. The molecule has 7 heteroatoms. The van der Waals surface area contributed by atoms with Crippen molar-refractivity contribution in [3.63, 3.8) is 0 Å². The van der Waals surface area contributed by atoms with Crippen LogP contribution in [0.4, 0.5) is 5.69 Å². The molecule has 0 bridgehead atoms. The predicted molar refractivity (Wildman–Crippen MR) is 111 cm³/mol. The zero-order valence-electron chi connectivity index (χ0n) is 15.5. The minimum atomic E-state index is -3.85. The number of carbonyl (C=O) groups excluding carboxylic acids is 2. The lowest BCUT2D eigenvalue weighted by molar-refractivity contribution is -0.109. The first kappa shape index (κ1) is 20.3. The number of amides is 1. The Balaban J connectivity index is 1.74. The van der Waals surface area contributed by atoms with Crippen molar-refractivity contribution >= 4 is 27.9 Å². The normalized spacial score (nSPS) is 12.0. The van der Waals surface area contributed by atoms with E-state index in [1.54, 1.807) is 30.3 Å². The average molecular weight is 408 g/mol. The van der Waals surface area contributed by atoms with Crippen LogP contribution in [-0.2, 0) is 21.2 Å². The summed E-state index contributed by atoms with van der Waals surface area (Å²) in [7, 11) is -3.85. The van der Waals surface area contributed by atoms with Crippen LogP contribution in [0.25, 0.3) is 0 Å². The molecule has 3 aromatic rings. The first-order valence-corrected chi connectivity index (χ1v) is 10.4. The van der Waals surface area contributed by atoms with Crippen LogP contribution < -0.4 is 10.0 Å². The smallest absolute Gasteiger partial charge is 0.261 e. The van der Waals surface area contributed by atoms with Gasteiger partial charge in [-0.1, -0.05) is 54.6 Å². The number of benzene rings is 3. The van der Waals surface area contributed by atoms with E-state index in [0.717, 1.165) is 5.56 Å². The van der Waals surface area contributed by atoms with Crippen molar-refractivity contribution in [1.82, 2.24) is 5.32 Å². The van der Waals surface area contributed by atoms with Gasteiger partial charge in [0.05, 0.1) is 10.9 Å². The molecule has 0 radical (unpaired) electrons. The quantitative estimate of drug-likeness (QED) is 0.561. The van der Waals surface area contributed by atoms with Crippen molar-refractivity contribution in [3.8, 4) is 0 Å². The Morgan fingerprint density at radius 1 is 0.897 bits per heavy atom. The van der Waals surface area contributed by atoms with Crippen LogP contribution in [0.1, 0.15) is 15.9 Å². The molecule has 3 rings (SSSR count). The van der Waals surface area contributed by atoms with E-state index < -0.39 is 22.0 Å². The summed E-state index contributed by atoms with van der Waals surface area (Å²) in [6.07, 6.45) is 1.02. The van der Waals surface area contributed by atoms with Crippen molar-refractivity contribution in [2.24, 2.45) is 0 Å². The van der Waals surface area contributed by atoms with E-state index in [-0.39, 0.29) is 10.5 Å². The second kappa shape index (κ2) is 9.16. The fourth-order valence-electron chi connectivity index (χ4n) is 2.78. The Kier molecular flexibility index (Phi) is 6.41. The van der Waals surface area contributed by atoms with Gasteiger partial charge in [-0.15, -0.1) is 0 Å². The molecular weight excluding hydrogens is 388 g/mol. The second-order valence-corrected chi connectivity index (χ2v) is 8.09. The van der Waals surface area contributed by atoms with E-state index in [4.69, 9.17) is 0 Å². The van der Waals surface area contributed by atoms with Crippen LogP contribution >= 0.6 is 0 Å². The van der Waals surface area contributed by atoms with Crippen LogP contribution in [0.3, 0.4) is 0 Å². The van der Waals surface area contributed by atoms with Crippen LogP contribution in [0.5, 0.6) is 0 Å². The second-order valence-electron chi connectivity index (χ2n) is 6.41. The highest BCUT2D eigenvalue weighted by molar-refractivity contribution is 7.92. The van der Waals surface area contributed by atoms with Crippen molar-refractivity contribution in [2.75, 3.05) is 4.72 Å². The Hall–Kier alpha value is -3.45. The molecule has 0 aliphatic carbocycles. The van der Waals surface area contributed by atoms with Crippen molar-refractivity contribution < 1.29 is 18.0 Å². The van der Waals surface area contributed by atoms with E-state index in [1.165, 1.54) is 24.3 Å². The first-order valence-electron chi connectivity index (χ1n) is 8.96. The van der Waals surface area contributed by atoms with Gasteiger partial charge in [-0.2, -0.15) is 0 Å². The molecule has 0 aliphatic rings. The molecule has 148 valence electrons. The minimum absolute atomic E-state index is 0.0419. The van der Waals surface area contributed by atoms with Gasteiger partial charge in [0.1, 0.15) is 6.29 Å². The third-order valence-corrected chi connectivity index (χ3v) is 5.59. The molecule has 0 aromatic heterocycles. The van der Waals surface area contributed by atoms with Crippen LogP contribution in [0.2, 0.25) is 0 Å². The number of sulfonamides is 1. The zero-order valence-corrected chi connectivity index (χ0v) is 16.3. The van der Waals surface area contributed by atoms with Gasteiger partial charge in [0, 0.05) is 11.3 Å². The number of hydrogen-bond acceptors (Lipinski definition) is 4. The summed E-state index contributed by atoms with van der Waals surface area (Å²) < 4.78 is 27.7. The molecule has 0 unspecified atom stereocenters. The largest absolute Gasteiger partial charge is 0.342 e. The molecule has 3 aromatic carbocycles.